The van der Waals surface area contributed by atoms with Crippen molar-refractivity contribution in [3.63, 3.8) is 0 Å². The molecule has 0 radical (unpaired) electrons. The Balaban J connectivity index is 2.56. The van der Waals surface area contributed by atoms with E-state index in [9.17, 15) is 9.59 Å². The second kappa shape index (κ2) is 9.12. The van der Waals surface area contributed by atoms with Crippen molar-refractivity contribution in [2.75, 3.05) is 26.3 Å². The summed E-state index contributed by atoms with van der Waals surface area (Å²) < 4.78 is 9.93. The Morgan fingerprint density at radius 3 is 2.86 bits per heavy atom. The van der Waals surface area contributed by atoms with E-state index in [2.05, 4.69) is 5.16 Å². The number of aliphatic carboxylic acids is 1. The van der Waals surface area contributed by atoms with E-state index in [0.29, 0.717) is 31.9 Å². The number of carboxylic acid groups (broad SMARTS) is 1. The molecular formula is C14H22N2O5. The molecule has 1 heterocycles. The van der Waals surface area contributed by atoms with Crippen molar-refractivity contribution < 1.29 is 24.0 Å². The van der Waals surface area contributed by atoms with Crippen molar-refractivity contribution in [3.05, 3.63) is 18.0 Å². The molecular weight excluding hydrogens is 276 g/mol. The first-order valence-corrected chi connectivity index (χ1v) is 7.02. The van der Waals surface area contributed by atoms with Crippen LogP contribution in [-0.2, 0) is 20.7 Å². The van der Waals surface area contributed by atoms with Crippen LogP contribution >= 0.6 is 0 Å². The van der Waals surface area contributed by atoms with Crippen molar-refractivity contribution in [2.24, 2.45) is 5.92 Å². The summed E-state index contributed by atoms with van der Waals surface area (Å²) in [4.78, 5) is 24.8. The fourth-order valence-electron chi connectivity index (χ4n) is 1.82. The van der Waals surface area contributed by atoms with E-state index in [-0.39, 0.29) is 18.9 Å². The van der Waals surface area contributed by atoms with E-state index < -0.39 is 11.9 Å². The molecule has 0 bridgehead atoms. The minimum absolute atomic E-state index is 0.109. The van der Waals surface area contributed by atoms with Gasteiger partial charge in [-0.15, -0.1) is 0 Å². The van der Waals surface area contributed by atoms with E-state index in [1.807, 2.05) is 6.92 Å². The predicted octanol–water partition coefficient (Wildman–Crippen LogP) is 1.19. The maximum absolute atomic E-state index is 12.2. The molecule has 1 unspecified atom stereocenters. The number of nitrogens with zero attached hydrogens (tertiary/aromatic N) is 2. The quantitative estimate of drug-likeness (QED) is 0.652. The average Bonchev–Trinajstić information content (AvgIpc) is 2.94. The van der Waals surface area contributed by atoms with Crippen LogP contribution in [0.15, 0.2) is 16.9 Å². The maximum Gasteiger partial charge on any atom is 0.308 e. The topological polar surface area (TPSA) is 92.9 Å². The molecule has 0 spiro atoms. The number of ether oxygens (including phenoxy) is 1. The van der Waals surface area contributed by atoms with E-state index in [1.54, 1.807) is 17.9 Å². The largest absolute Gasteiger partial charge is 0.481 e. The van der Waals surface area contributed by atoms with Crippen molar-refractivity contribution in [1.29, 1.82) is 0 Å². The average molecular weight is 298 g/mol. The normalized spacial score (nSPS) is 12.1. The third kappa shape index (κ3) is 6.40. The van der Waals surface area contributed by atoms with Crippen LogP contribution in [0.1, 0.15) is 26.0 Å². The van der Waals surface area contributed by atoms with Gasteiger partial charge in [-0.25, -0.2) is 0 Å². The zero-order valence-electron chi connectivity index (χ0n) is 12.4. The van der Waals surface area contributed by atoms with Gasteiger partial charge in [0, 0.05) is 32.4 Å². The van der Waals surface area contributed by atoms with E-state index in [4.69, 9.17) is 14.4 Å². The second-order valence-corrected chi connectivity index (χ2v) is 4.80. The van der Waals surface area contributed by atoms with Crippen LogP contribution in [0.2, 0.25) is 0 Å². The highest BCUT2D eigenvalue weighted by atomic mass is 16.5. The zero-order chi connectivity index (χ0) is 15.7. The molecule has 0 saturated carbocycles. The van der Waals surface area contributed by atoms with Crippen LogP contribution in [0.25, 0.3) is 0 Å². The molecule has 0 aliphatic rings. The fourth-order valence-corrected chi connectivity index (χ4v) is 1.82. The highest BCUT2D eigenvalue weighted by Gasteiger charge is 2.21. The number of amides is 1. The number of rotatable bonds is 10. The lowest BCUT2D eigenvalue weighted by Crippen LogP contribution is -2.39. The van der Waals surface area contributed by atoms with Crippen LogP contribution in [0, 0.1) is 5.92 Å². The van der Waals surface area contributed by atoms with Gasteiger partial charge in [0.05, 0.1) is 18.0 Å². The summed E-state index contributed by atoms with van der Waals surface area (Å²) >= 11 is 0. The molecule has 7 heteroatoms. The van der Waals surface area contributed by atoms with Gasteiger partial charge in [-0.2, -0.15) is 0 Å². The molecule has 1 aromatic heterocycles. The van der Waals surface area contributed by atoms with Gasteiger partial charge >= 0.3 is 5.97 Å². The van der Waals surface area contributed by atoms with E-state index >= 15 is 0 Å². The maximum atomic E-state index is 12.2. The van der Waals surface area contributed by atoms with Crippen molar-refractivity contribution >= 4 is 11.9 Å². The minimum atomic E-state index is -0.918. The molecule has 0 aromatic carbocycles. The minimum Gasteiger partial charge on any atom is -0.481 e. The summed E-state index contributed by atoms with van der Waals surface area (Å²) in [5.74, 6) is -1.69. The molecule has 1 rings (SSSR count). The highest BCUT2D eigenvalue weighted by Crippen LogP contribution is 2.06. The lowest BCUT2D eigenvalue weighted by molar-refractivity contribution is -0.143. The summed E-state index contributed by atoms with van der Waals surface area (Å²) in [6, 6.07) is 1.62. The number of hydrogen-bond donors (Lipinski definition) is 1. The van der Waals surface area contributed by atoms with Gasteiger partial charge in [-0.1, -0.05) is 12.1 Å². The molecule has 21 heavy (non-hydrogen) atoms. The second-order valence-electron chi connectivity index (χ2n) is 4.80. The molecule has 7 nitrogen and oxygen atoms in total. The molecule has 0 saturated heterocycles. The van der Waals surface area contributed by atoms with Gasteiger partial charge in [0.2, 0.25) is 5.91 Å². The number of hydrogen-bond acceptors (Lipinski definition) is 5. The Morgan fingerprint density at radius 2 is 2.29 bits per heavy atom. The number of carbonyl (C=O) groups excluding carboxylic acids is 1. The van der Waals surface area contributed by atoms with E-state index in [0.717, 1.165) is 0 Å². The Kier molecular flexibility index (Phi) is 7.45. The van der Waals surface area contributed by atoms with Crippen LogP contribution in [0.4, 0.5) is 0 Å². The molecule has 0 fully saturated rings. The highest BCUT2D eigenvalue weighted by molar-refractivity contribution is 5.79. The first kappa shape index (κ1) is 17.2. The smallest absolute Gasteiger partial charge is 0.308 e. The van der Waals surface area contributed by atoms with Crippen LogP contribution in [-0.4, -0.2) is 53.3 Å². The predicted molar refractivity (Wildman–Crippen MR) is 74.7 cm³/mol. The van der Waals surface area contributed by atoms with Gasteiger partial charge in [-0.05, 0) is 13.3 Å². The number of carbonyl (C=O) groups is 2. The zero-order valence-corrected chi connectivity index (χ0v) is 12.4. The molecule has 1 aromatic rings. The Morgan fingerprint density at radius 1 is 1.52 bits per heavy atom. The van der Waals surface area contributed by atoms with Gasteiger partial charge < -0.3 is 19.3 Å². The van der Waals surface area contributed by atoms with Crippen LogP contribution < -0.4 is 0 Å². The summed E-state index contributed by atoms with van der Waals surface area (Å²) in [5.41, 5.74) is 0.540. The van der Waals surface area contributed by atoms with Gasteiger partial charge in [0.15, 0.2) is 0 Å². The Bertz CT molecular complexity index is 433. The summed E-state index contributed by atoms with van der Waals surface area (Å²) in [5, 5.41) is 12.7. The van der Waals surface area contributed by atoms with E-state index in [1.165, 1.54) is 6.26 Å². The Labute approximate surface area is 123 Å². The van der Waals surface area contributed by atoms with Crippen LogP contribution in [0.3, 0.4) is 0 Å². The van der Waals surface area contributed by atoms with Crippen LogP contribution in [0.5, 0.6) is 0 Å². The first-order valence-electron chi connectivity index (χ1n) is 7.02. The molecule has 118 valence electrons. The molecule has 0 aliphatic carbocycles. The van der Waals surface area contributed by atoms with Crippen molar-refractivity contribution in [2.45, 2.75) is 26.7 Å². The monoisotopic (exact) mass is 298 g/mol. The van der Waals surface area contributed by atoms with Crippen molar-refractivity contribution in [1.82, 2.24) is 10.1 Å². The third-order valence-electron chi connectivity index (χ3n) is 3.01. The Hall–Kier alpha value is -1.89. The fraction of sp³-hybridized carbons (Fsp3) is 0.643. The van der Waals surface area contributed by atoms with Gasteiger partial charge in [0.1, 0.15) is 6.26 Å². The molecule has 1 amide bonds. The summed E-state index contributed by atoms with van der Waals surface area (Å²) in [6.45, 7) is 5.30. The molecule has 1 atom stereocenters. The molecule has 0 aliphatic heterocycles. The molecule has 1 N–H and O–H groups in total. The van der Waals surface area contributed by atoms with Gasteiger partial charge in [0.25, 0.3) is 0 Å². The lowest BCUT2D eigenvalue weighted by atomic mass is 10.1. The van der Waals surface area contributed by atoms with Gasteiger partial charge in [-0.3, -0.25) is 9.59 Å². The van der Waals surface area contributed by atoms with Crippen molar-refractivity contribution in [3.8, 4) is 0 Å². The number of aromatic nitrogens is 1. The lowest BCUT2D eigenvalue weighted by Gasteiger charge is -2.24. The SMILES string of the molecule is CCOCCCN(CC(C)C(=O)O)C(=O)Cc1ccon1. The number of carboxylic acids is 1. The summed E-state index contributed by atoms with van der Waals surface area (Å²) in [6.07, 6.45) is 2.18. The third-order valence-corrected chi connectivity index (χ3v) is 3.01. The summed E-state index contributed by atoms with van der Waals surface area (Å²) in [7, 11) is 0. The first-order chi connectivity index (χ1) is 10.0. The standard InChI is InChI=1S/C14H22N2O5/c1-3-20-7-4-6-16(10-11(2)14(18)19)13(17)9-12-5-8-21-15-12/h5,8,11H,3-4,6-7,9-10H2,1-2H3,(H,18,19).